The zero-order valence-electron chi connectivity index (χ0n) is 10.5. The van der Waals surface area contributed by atoms with Crippen molar-refractivity contribution in [1.82, 2.24) is 4.72 Å². The number of rotatable bonds is 3. The molecule has 0 saturated heterocycles. The summed E-state index contributed by atoms with van der Waals surface area (Å²) in [5, 5.41) is 2.57. The average Bonchev–Trinajstić information content (AvgIpc) is 2.87. The summed E-state index contributed by atoms with van der Waals surface area (Å²) in [5.74, 6) is 0. The Kier molecular flexibility index (Phi) is 4.78. The quantitative estimate of drug-likeness (QED) is 0.888. The van der Waals surface area contributed by atoms with Gasteiger partial charge in [-0.05, 0) is 31.0 Å². The number of anilines is 1. The molecule has 2 N–H and O–H groups in total. The summed E-state index contributed by atoms with van der Waals surface area (Å²) in [5.41, 5.74) is 0.374. The van der Waals surface area contributed by atoms with E-state index in [4.69, 9.17) is 23.2 Å². The van der Waals surface area contributed by atoms with E-state index in [0.29, 0.717) is 23.6 Å². The molecular formula is C12H14Cl2N2O3S. The molecule has 1 fully saturated rings. The van der Waals surface area contributed by atoms with Gasteiger partial charge in [-0.1, -0.05) is 36.0 Å². The van der Waals surface area contributed by atoms with Crippen molar-refractivity contribution < 1.29 is 13.2 Å². The molecule has 8 heteroatoms. The molecule has 5 nitrogen and oxygen atoms in total. The van der Waals surface area contributed by atoms with Gasteiger partial charge in [-0.15, -0.1) is 0 Å². The summed E-state index contributed by atoms with van der Waals surface area (Å²) < 4.78 is 25.9. The average molecular weight is 337 g/mol. The number of hydrogen-bond donors (Lipinski definition) is 2. The first-order valence-electron chi connectivity index (χ1n) is 6.16. The molecule has 1 aliphatic carbocycles. The third kappa shape index (κ3) is 3.77. The predicted molar refractivity (Wildman–Crippen MR) is 79.8 cm³/mol. The zero-order chi connectivity index (χ0) is 14.8. The molecule has 1 aromatic carbocycles. The monoisotopic (exact) mass is 336 g/mol. The van der Waals surface area contributed by atoms with Crippen LogP contribution in [0.25, 0.3) is 0 Å². The van der Waals surface area contributed by atoms with Crippen molar-refractivity contribution in [3.63, 3.8) is 0 Å². The van der Waals surface area contributed by atoms with Crippen LogP contribution in [0.3, 0.4) is 0 Å². The van der Waals surface area contributed by atoms with Crippen molar-refractivity contribution >= 4 is 44.9 Å². The lowest BCUT2D eigenvalue weighted by molar-refractivity contribution is 0.256. The lowest BCUT2D eigenvalue weighted by Gasteiger charge is -2.13. The van der Waals surface area contributed by atoms with Crippen LogP contribution in [0.2, 0.25) is 10.0 Å². The van der Waals surface area contributed by atoms with Crippen LogP contribution >= 0.6 is 23.2 Å². The molecule has 0 radical (unpaired) electrons. The van der Waals surface area contributed by atoms with Gasteiger partial charge >= 0.3 is 6.03 Å². The van der Waals surface area contributed by atoms with E-state index >= 15 is 0 Å². The summed E-state index contributed by atoms with van der Waals surface area (Å²) in [6.07, 6.45) is 2.94. The Morgan fingerprint density at radius 3 is 2.40 bits per heavy atom. The van der Waals surface area contributed by atoms with Crippen LogP contribution in [0.1, 0.15) is 25.7 Å². The van der Waals surface area contributed by atoms with Crippen molar-refractivity contribution in [2.24, 2.45) is 0 Å². The van der Waals surface area contributed by atoms with Gasteiger partial charge in [0.05, 0.1) is 15.3 Å². The second-order valence-corrected chi connectivity index (χ2v) is 7.41. The van der Waals surface area contributed by atoms with E-state index in [1.165, 1.54) is 18.2 Å². The third-order valence-electron chi connectivity index (χ3n) is 3.15. The van der Waals surface area contributed by atoms with Crippen LogP contribution in [0.5, 0.6) is 0 Å². The summed E-state index contributed by atoms with van der Waals surface area (Å²) in [4.78, 5) is 11.7. The Labute approximate surface area is 127 Å². The number of carbonyl (C=O) groups excluding carboxylic acids is 1. The summed E-state index contributed by atoms with van der Waals surface area (Å²) in [7, 11) is -3.62. The van der Waals surface area contributed by atoms with Crippen LogP contribution in [-0.4, -0.2) is 19.7 Å². The number of benzene rings is 1. The second kappa shape index (κ2) is 6.20. The van der Waals surface area contributed by atoms with Crippen molar-refractivity contribution in [1.29, 1.82) is 0 Å². The lowest BCUT2D eigenvalue weighted by Crippen LogP contribution is -2.39. The number of hydrogen-bond acceptors (Lipinski definition) is 3. The van der Waals surface area contributed by atoms with Gasteiger partial charge in [0.2, 0.25) is 10.0 Å². The molecule has 2 amide bonds. The van der Waals surface area contributed by atoms with E-state index in [2.05, 4.69) is 5.32 Å². The molecule has 0 aliphatic heterocycles. The van der Waals surface area contributed by atoms with Crippen LogP contribution in [0.15, 0.2) is 18.2 Å². The minimum atomic E-state index is -3.62. The Balaban J connectivity index is 1.99. The van der Waals surface area contributed by atoms with Crippen molar-refractivity contribution in [3.8, 4) is 0 Å². The highest BCUT2D eigenvalue weighted by atomic mass is 35.5. The molecule has 0 spiro atoms. The van der Waals surface area contributed by atoms with Crippen LogP contribution < -0.4 is 10.0 Å². The number of nitrogens with one attached hydrogen (secondary N) is 2. The standard InChI is InChI=1S/C12H14Cl2N2O3S/c13-10-6-5-8(7-11(10)14)15-12(17)16-20(18,19)9-3-1-2-4-9/h5-7,9H,1-4H2,(H2,15,16,17). The maximum absolute atomic E-state index is 11.9. The van der Waals surface area contributed by atoms with Crippen LogP contribution in [-0.2, 0) is 10.0 Å². The molecule has 0 heterocycles. The van der Waals surface area contributed by atoms with Crippen LogP contribution in [0.4, 0.5) is 10.5 Å². The van der Waals surface area contributed by atoms with Gasteiger partial charge in [0.15, 0.2) is 0 Å². The van der Waals surface area contributed by atoms with E-state index in [9.17, 15) is 13.2 Å². The van der Waals surface area contributed by atoms with Crippen molar-refractivity contribution in [3.05, 3.63) is 28.2 Å². The predicted octanol–water partition coefficient (Wildman–Crippen LogP) is 3.39. The van der Waals surface area contributed by atoms with Gasteiger partial charge in [0, 0.05) is 5.69 Å². The van der Waals surface area contributed by atoms with E-state index in [1.54, 1.807) is 0 Å². The minimum Gasteiger partial charge on any atom is -0.307 e. The molecule has 2 rings (SSSR count). The number of sulfonamides is 1. The molecular weight excluding hydrogens is 323 g/mol. The summed E-state index contributed by atoms with van der Waals surface area (Å²) in [6.45, 7) is 0. The largest absolute Gasteiger partial charge is 0.332 e. The first-order chi connectivity index (χ1) is 9.38. The molecule has 0 atom stereocenters. The lowest BCUT2D eigenvalue weighted by atomic mass is 10.3. The summed E-state index contributed by atoms with van der Waals surface area (Å²) >= 11 is 11.6. The van der Waals surface area contributed by atoms with Crippen molar-refractivity contribution in [2.75, 3.05) is 5.32 Å². The minimum absolute atomic E-state index is 0.281. The molecule has 20 heavy (non-hydrogen) atoms. The fourth-order valence-electron chi connectivity index (χ4n) is 2.14. The maximum atomic E-state index is 11.9. The Bertz CT molecular complexity index is 613. The van der Waals surface area contributed by atoms with Gasteiger partial charge < -0.3 is 5.32 Å². The fourth-order valence-corrected chi connectivity index (χ4v) is 3.87. The summed E-state index contributed by atoms with van der Waals surface area (Å²) in [6, 6.07) is 3.71. The maximum Gasteiger partial charge on any atom is 0.332 e. The molecule has 110 valence electrons. The van der Waals surface area contributed by atoms with E-state index < -0.39 is 21.3 Å². The first-order valence-corrected chi connectivity index (χ1v) is 8.46. The highest BCUT2D eigenvalue weighted by molar-refractivity contribution is 7.90. The highest BCUT2D eigenvalue weighted by Gasteiger charge is 2.30. The second-order valence-electron chi connectivity index (χ2n) is 4.64. The number of carbonyl (C=O) groups is 1. The van der Waals surface area contributed by atoms with E-state index in [1.807, 2.05) is 4.72 Å². The molecule has 1 saturated carbocycles. The zero-order valence-corrected chi connectivity index (χ0v) is 12.9. The molecule has 1 aromatic rings. The molecule has 1 aliphatic rings. The van der Waals surface area contributed by atoms with E-state index in [-0.39, 0.29) is 5.02 Å². The number of halogens is 2. The van der Waals surface area contributed by atoms with Gasteiger partial charge in [-0.3, -0.25) is 0 Å². The highest BCUT2D eigenvalue weighted by Crippen LogP contribution is 2.26. The van der Waals surface area contributed by atoms with Crippen LogP contribution in [0, 0.1) is 0 Å². The smallest absolute Gasteiger partial charge is 0.307 e. The third-order valence-corrected chi connectivity index (χ3v) is 5.71. The molecule has 0 unspecified atom stereocenters. The number of urea groups is 1. The molecule has 0 bridgehead atoms. The van der Waals surface area contributed by atoms with Crippen molar-refractivity contribution in [2.45, 2.75) is 30.9 Å². The fraction of sp³-hybridized carbons (Fsp3) is 0.417. The van der Waals surface area contributed by atoms with Gasteiger partial charge in [0.25, 0.3) is 0 Å². The topological polar surface area (TPSA) is 75.3 Å². The number of amides is 2. The van der Waals surface area contributed by atoms with Gasteiger partial charge in [0.1, 0.15) is 0 Å². The van der Waals surface area contributed by atoms with Gasteiger partial charge in [-0.2, -0.15) is 0 Å². The Morgan fingerprint density at radius 1 is 1.15 bits per heavy atom. The normalized spacial score (nSPS) is 16.1. The Hall–Kier alpha value is -0.980. The first kappa shape index (κ1) is 15.4. The SMILES string of the molecule is O=C(Nc1ccc(Cl)c(Cl)c1)NS(=O)(=O)C1CCCC1. The molecule has 0 aromatic heterocycles. The van der Waals surface area contributed by atoms with E-state index in [0.717, 1.165) is 12.8 Å². The van der Waals surface area contributed by atoms with Gasteiger partial charge in [-0.25, -0.2) is 17.9 Å². The Morgan fingerprint density at radius 2 is 1.80 bits per heavy atom.